The molecule has 0 aliphatic heterocycles. The Kier molecular flexibility index (Phi) is 6.21. The van der Waals surface area contributed by atoms with E-state index in [1.807, 2.05) is 20.9 Å². The van der Waals surface area contributed by atoms with Gasteiger partial charge in [0.1, 0.15) is 0 Å². The normalized spacial score (nSPS) is 12.3. The van der Waals surface area contributed by atoms with Crippen molar-refractivity contribution in [2.24, 2.45) is 5.41 Å². The molecule has 4 nitrogen and oxygen atoms in total. The highest BCUT2D eigenvalue weighted by Crippen LogP contribution is 2.16. The molecule has 0 aromatic carbocycles. The second kappa shape index (κ2) is 7.19. The molecule has 1 rings (SSSR count). The summed E-state index contributed by atoms with van der Waals surface area (Å²) < 4.78 is 0. The van der Waals surface area contributed by atoms with Crippen LogP contribution in [0.1, 0.15) is 24.0 Å². The molecule has 1 aromatic rings. The number of aliphatic hydroxyl groups excluding tert-OH is 2. The molecule has 0 bridgehead atoms. The molecular formula is C13H24N2O2S. The molecule has 104 valence electrons. The van der Waals surface area contributed by atoms with Crippen LogP contribution in [0, 0.1) is 12.3 Å². The standard InChI is InChI=1S/C13H24N2O2S/c1-11-14-12(7-18-11)5-4-6-15(3)8-13(2,9-16)10-17/h7,16-17H,4-6,8-10H2,1-3H3. The molecular weight excluding hydrogens is 248 g/mol. The molecule has 0 atom stereocenters. The summed E-state index contributed by atoms with van der Waals surface area (Å²) in [6, 6.07) is 0. The van der Waals surface area contributed by atoms with Crippen LogP contribution < -0.4 is 0 Å². The number of nitrogens with zero attached hydrogens (tertiary/aromatic N) is 2. The summed E-state index contributed by atoms with van der Waals surface area (Å²) in [7, 11) is 2.02. The summed E-state index contributed by atoms with van der Waals surface area (Å²) >= 11 is 1.69. The minimum Gasteiger partial charge on any atom is -0.396 e. The Hall–Kier alpha value is -0.490. The number of thiazole rings is 1. The summed E-state index contributed by atoms with van der Waals surface area (Å²) in [5, 5.41) is 21.7. The molecule has 1 aromatic heterocycles. The van der Waals surface area contributed by atoms with Crippen LogP contribution in [-0.4, -0.2) is 53.4 Å². The smallest absolute Gasteiger partial charge is 0.0897 e. The van der Waals surface area contributed by atoms with Crippen LogP contribution in [0.3, 0.4) is 0 Å². The van der Waals surface area contributed by atoms with E-state index in [0.29, 0.717) is 6.54 Å². The van der Waals surface area contributed by atoms with Crippen molar-refractivity contribution in [3.63, 3.8) is 0 Å². The van der Waals surface area contributed by atoms with Crippen molar-refractivity contribution in [1.82, 2.24) is 9.88 Å². The first-order chi connectivity index (χ1) is 8.49. The first-order valence-electron chi connectivity index (χ1n) is 6.30. The summed E-state index contributed by atoms with van der Waals surface area (Å²) in [6.45, 7) is 5.60. The molecule has 5 heteroatoms. The number of aryl methyl sites for hydroxylation is 2. The van der Waals surface area contributed by atoms with E-state index >= 15 is 0 Å². The number of hydrogen-bond donors (Lipinski definition) is 2. The predicted octanol–water partition coefficient (Wildman–Crippen LogP) is 1.31. The fourth-order valence-corrected chi connectivity index (χ4v) is 2.58. The van der Waals surface area contributed by atoms with E-state index in [1.54, 1.807) is 11.3 Å². The van der Waals surface area contributed by atoms with Gasteiger partial charge in [0.15, 0.2) is 0 Å². The molecule has 0 amide bonds. The molecule has 0 radical (unpaired) electrons. The number of aromatic nitrogens is 1. The zero-order valence-corrected chi connectivity index (χ0v) is 12.3. The zero-order chi connectivity index (χ0) is 13.6. The highest BCUT2D eigenvalue weighted by Gasteiger charge is 2.23. The van der Waals surface area contributed by atoms with Gasteiger partial charge in [-0.15, -0.1) is 11.3 Å². The average Bonchev–Trinajstić information content (AvgIpc) is 2.75. The van der Waals surface area contributed by atoms with Crippen molar-refractivity contribution in [3.8, 4) is 0 Å². The van der Waals surface area contributed by atoms with Gasteiger partial charge in [0.2, 0.25) is 0 Å². The van der Waals surface area contributed by atoms with Crippen LogP contribution in [-0.2, 0) is 6.42 Å². The Morgan fingerprint density at radius 3 is 2.56 bits per heavy atom. The quantitative estimate of drug-likeness (QED) is 0.749. The summed E-state index contributed by atoms with van der Waals surface area (Å²) in [6.07, 6.45) is 2.04. The van der Waals surface area contributed by atoms with Gasteiger partial charge < -0.3 is 15.1 Å². The molecule has 0 saturated heterocycles. The van der Waals surface area contributed by atoms with Crippen LogP contribution in [0.2, 0.25) is 0 Å². The predicted molar refractivity (Wildman–Crippen MR) is 74.9 cm³/mol. The molecule has 0 spiro atoms. The second-order valence-corrected chi connectivity index (χ2v) is 6.39. The number of hydrogen-bond acceptors (Lipinski definition) is 5. The third-order valence-electron chi connectivity index (χ3n) is 3.05. The van der Waals surface area contributed by atoms with Crippen LogP contribution in [0.15, 0.2) is 5.38 Å². The summed E-state index contributed by atoms with van der Waals surface area (Å²) in [4.78, 5) is 6.59. The first-order valence-corrected chi connectivity index (χ1v) is 7.18. The van der Waals surface area contributed by atoms with E-state index in [-0.39, 0.29) is 13.2 Å². The van der Waals surface area contributed by atoms with Gasteiger partial charge in [0.25, 0.3) is 0 Å². The van der Waals surface area contributed by atoms with E-state index in [4.69, 9.17) is 0 Å². The third kappa shape index (κ3) is 5.02. The van der Waals surface area contributed by atoms with Crippen molar-refractivity contribution in [1.29, 1.82) is 0 Å². The maximum atomic E-state index is 9.25. The molecule has 2 N–H and O–H groups in total. The van der Waals surface area contributed by atoms with Crippen molar-refractivity contribution >= 4 is 11.3 Å². The Bertz CT molecular complexity index is 351. The highest BCUT2D eigenvalue weighted by atomic mass is 32.1. The van der Waals surface area contributed by atoms with Crippen LogP contribution in [0.5, 0.6) is 0 Å². The van der Waals surface area contributed by atoms with Crippen LogP contribution in [0.4, 0.5) is 0 Å². The lowest BCUT2D eigenvalue weighted by atomic mass is 9.92. The Balaban J connectivity index is 2.26. The lowest BCUT2D eigenvalue weighted by Gasteiger charge is -2.30. The van der Waals surface area contributed by atoms with E-state index in [1.165, 1.54) is 0 Å². The van der Waals surface area contributed by atoms with Gasteiger partial charge in [-0.1, -0.05) is 6.92 Å². The van der Waals surface area contributed by atoms with Gasteiger partial charge in [-0.05, 0) is 33.4 Å². The van der Waals surface area contributed by atoms with Crippen LogP contribution >= 0.6 is 11.3 Å². The van der Waals surface area contributed by atoms with Gasteiger partial charge in [0.05, 0.1) is 23.9 Å². The lowest BCUT2D eigenvalue weighted by Crippen LogP contribution is -2.39. The minimum absolute atomic E-state index is 0.0130. The fourth-order valence-electron chi connectivity index (χ4n) is 1.93. The molecule has 0 fully saturated rings. The Labute approximate surface area is 113 Å². The van der Waals surface area contributed by atoms with Crippen molar-refractivity contribution in [2.75, 3.05) is 33.4 Å². The highest BCUT2D eigenvalue weighted by molar-refractivity contribution is 7.09. The summed E-state index contributed by atoms with van der Waals surface area (Å²) in [5.41, 5.74) is 0.754. The SMILES string of the molecule is Cc1nc(CCCN(C)CC(C)(CO)CO)cs1. The number of rotatable bonds is 8. The number of aliphatic hydroxyl groups is 2. The average molecular weight is 272 g/mol. The molecule has 1 heterocycles. The van der Waals surface area contributed by atoms with Gasteiger partial charge in [0, 0.05) is 17.3 Å². The summed E-state index contributed by atoms with van der Waals surface area (Å²) in [5.74, 6) is 0. The van der Waals surface area contributed by atoms with Crippen molar-refractivity contribution in [2.45, 2.75) is 26.7 Å². The lowest BCUT2D eigenvalue weighted by molar-refractivity contribution is 0.0418. The third-order valence-corrected chi connectivity index (χ3v) is 3.88. The van der Waals surface area contributed by atoms with Crippen molar-refractivity contribution in [3.05, 3.63) is 16.1 Å². The van der Waals surface area contributed by atoms with E-state index in [2.05, 4.69) is 15.3 Å². The van der Waals surface area contributed by atoms with Gasteiger partial charge >= 0.3 is 0 Å². The van der Waals surface area contributed by atoms with E-state index < -0.39 is 5.41 Å². The van der Waals surface area contributed by atoms with Gasteiger partial charge in [-0.2, -0.15) is 0 Å². The molecule has 0 unspecified atom stereocenters. The molecule has 0 aliphatic rings. The molecule has 0 saturated carbocycles. The minimum atomic E-state index is -0.411. The largest absolute Gasteiger partial charge is 0.396 e. The Morgan fingerprint density at radius 1 is 1.39 bits per heavy atom. The first kappa shape index (κ1) is 15.6. The second-order valence-electron chi connectivity index (χ2n) is 5.33. The van der Waals surface area contributed by atoms with Gasteiger partial charge in [-0.3, -0.25) is 0 Å². The van der Waals surface area contributed by atoms with Crippen molar-refractivity contribution < 1.29 is 10.2 Å². The maximum Gasteiger partial charge on any atom is 0.0897 e. The fraction of sp³-hybridized carbons (Fsp3) is 0.769. The van der Waals surface area contributed by atoms with E-state index in [9.17, 15) is 10.2 Å². The monoisotopic (exact) mass is 272 g/mol. The molecule has 0 aliphatic carbocycles. The maximum absolute atomic E-state index is 9.25. The topological polar surface area (TPSA) is 56.6 Å². The van der Waals surface area contributed by atoms with Crippen LogP contribution in [0.25, 0.3) is 0 Å². The van der Waals surface area contributed by atoms with E-state index in [0.717, 1.165) is 30.1 Å². The Morgan fingerprint density at radius 2 is 2.06 bits per heavy atom. The molecule has 18 heavy (non-hydrogen) atoms. The zero-order valence-electron chi connectivity index (χ0n) is 11.5. The van der Waals surface area contributed by atoms with Gasteiger partial charge in [-0.25, -0.2) is 4.98 Å².